The fraction of sp³-hybridized carbons (Fsp3) is 0.222. The Labute approximate surface area is 129 Å². The van der Waals surface area contributed by atoms with Crippen molar-refractivity contribution < 1.29 is 19.1 Å². The normalized spacial score (nSPS) is 11.5. The predicted octanol–water partition coefficient (Wildman–Crippen LogP) is 3.11. The molecule has 0 saturated carbocycles. The van der Waals surface area contributed by atoms with Crippen molar-refractivity contribution in [3.05, 3.63) is 65.7 Å². The van der Waals surface area contributed by atoms with Crippen molar-refractivity contribution in [2.24, 2.45) is 0 Å². The van der Waals surface area contributed by atoms with Gasteiger partial charge in [-0.1, -0.05) is 42.5 Å². The fourth-order valence-corrected chi connectivity index (χ4v) is 2.01. The quantitative estimate of drug-likeness (QED) is 0.448. The highest BCUT2D eigenvalue weighted by Gasteiger charge is 2.21. The summed E-state index contributed by atoms with van der Waals surface area (Å²) in [7, 11) is 0. The first-order valence-electron chi connectivity index (χ1n) is 7.13. The first-order valence-corrected chi connectivity index (χ1v) is 7.13. The lowest BCUT2D eigenvalue weighted by atomic mass is 10.0. The summed E-state index contributed by atoms with van der Waals surface area (Å²) in [5.74, 6) is -0.736. The zero-order chi connectivity index (χ0) is 15.8. The minimum absolute atomic E-state index is 0.251. The maximum Gasteiger partial charge on any atom is 0.320 e. The highest BCUT2D eigenvalue weighted by atomic mass is 16.5. The second kappa shape index (κ2) is 7.98. The Bertz CT molecular complexity index is 605. The number of esters is 1. The van der Waals surface area contributed by atoms with Crippen molar-refractivity contribution in [2.45, 2.75) is 19.4 Å². The van der Waals surface area contributed by atoms with E-state index in [9.17, 15) is 9.59 Å². The molecule has 4 nitrogen and oxygen atoms in total. The minimum Gasteiger partial charge on any atom is -0.489 e. The highest BCUT2D eigenvalue weighted by molar-refractivity contribution is 5.94. The Morgan fingerprint density at radius 3 is 2.36 bits per heavy atom. The van der Waals surface area contributed by atoms with E-state index in [1.165, 1.54) is 0 Å². The van der Waals surface area contributed by atoms with Crippen LogP contribution in [0.3, 0.4) is 0 Å². The molecule has 4 heteroatoms. The lowest BCUT2D eigenvalue weighted by Gasteiger charge is -2.11. The van der Waals surface area contributed by atoms with Crippen LogP contribution in [0.2, 0.25) is 0 Å². The first kappa shape index (κ1) is 15.8. The van der Waals surface area contributed by atoms with Crippen LogP contribution in [-0.4, -0.2) is 18.9 Å². The number of rotatable bonds is 7. The monoisotopic (exact) mass is 298 g/mol. The summed E-state index contributed by atoms with van der Waals surface area (Å²) in [6.45, 7) is 2.43. The molecule has 22 heavy (non-hydrogen) atoms. The van der Waals surface area contributed by atoms with E-state index in [2.05, 4.69) is 0 Å². The van der Waals surface area contributed by atoms with Crippen LogP contribution in [0.5, 0.6) is 5.75 Å². The zero-order valence-corrected chi connectivity index (χ0v) is 12.4. The third kappa shape index (κ3) is 4.19. The molecule has 2 aromatic carbocycles. The molecule has 114 valence electrons. The Balaban J connectivity index is 2.00. The molecule has 2 aromatic rings. The summed E-state index contributed by atoms with van der Waals surface area (Å²) in [4.78, 5) is 22.8. The van der Waals surface area contributed by atoms with E-state index < -0.39 is 11.9 Å². The summed E-state index contributed by atoms with van der Waals surface area (Å²) in [6.07, 6.45) is 0.595. The van der Waals surface area contributed by atoms with Crippen LogP contribution in [0.25, 0.3) is 0 Å². The second-order valence-corrected chi connectivity index (χ2v) is 4.71. The standard InChI is InChI=1S/C18H18O4/c1-2-21-18(20)17(12-19)15-8-10-16(11-9-15)22-13-14-6-4-3-5-7-14/h3-12,17H,2,13H2,1H3. The van der Waals surface area contributed by atoms with Crippen molar-refractivity contribution >= 4 is 12.3 Å². The molecule has 0 amide bonds. The van der Waals surface area contributed by atoms with Gasteiger partial charge in [0.1, 0.15) is 24.6 Å². The van der Waals surface area contributed by atoms with Gasteiger partial charge in [-0.15, -0.1) is 0 Å². The molecule has 0 bridgehead atoms. The summed E-state index contributed by atoms with van der Waals surface area (Å²) in [5.41, 5.74) is 1.67. The van der Waals surface area contributed by atoms with E-state index >= 15 is 0 Å². The average Bonchev–Trinajstić information content (AvgIpc) is 2.56. The van der Waals surface area contributed by atoms with Crippen LogP contribution in [0.1, 0.15) is 24.0 Å². The van der Waals surface area contributed by atoms with Crippen molar-refractivity contribution in [1.82, 2.24) is 0 Å². The van der Waals surface area contributed by atoms with Gasteiger partial charge in [-0.2, -0.15) is 0 Å². The Kier molecular flexibility index (Phi) is 5.72. The van der Waals surface area contributed by atoms with Gasteiger partial charge in [-0.05, 0) is 30.2 Å². The molecule has 1 atom stereocenters. The molecule has 0 heterocycles. The average molecular weight is 298 g/mol. The summed E-state index contributed by atoms with van der Waals surface area (Å²) in [5, 5.41) is 0. The minimum atomic E-state index is -0.886. The number of hydrogen-bond acceptors (Lipinski definition) is 4. The number of carbonyl (C=O) groups is 2. The summed E-state index contributed by atoms with van der Waals surface area (Å²) < 4.78 is 10.5. The molecular weight excluding hydrogens is 280 g/mol. The molecule has 1 unspecified atom stereocenters. The molecule has 0 aliphatic carbocycles. The smallest absolute Gasteiger partial charge is 0.320 e. The molecule has 0 radical (unpaired) electrons. The van der Waals surface area contributed by atoms with Gasteiger partial charge in [-0.25, -0.2) is 0 Å². The summed E-state index contributed by atoms with van der Waals surface area (Å²) in [6, 6.07) is 16.7. The number of benzene rings is 2. The lowest BCUT2D eigenvalue weighted by Crippen LogP contribution is -2.17. The van der Waals surface area contributed by atoms with Crippen molar-refractivity contribution in [1.29, 1.82) is 0 Å². The van der Waals surface area contributed by atoms with E-state index in [4.69, 9.17) is 9.47 Å². The third-order valence-electron chi connectivity index (χ3n) is 3.16. The Hall–Kier alpha value is -2.62. The van der Waals surface area contributed by atoms with Crippen molar-refractivity contribution in [3.63, 3.8) is 0 Å². The third-order valence-corrected chi connectivity index (χ3v) is 3.16. The molecule has 0 spiro atoms. The van der Waals surface area contributed by atoms with Gasteiger partial charge >= 0.3 is 5.97 Å². The second-order valence-electron chi connectivity index (χ2n) is 4.71. The van der Waals surface area contributed by atoms with E-state index in [-0.39, 0.29) is 6.61 Å². The SMILES string of the molecule is CCOC(=O)C(C=O)c1ccc(OCc2ccccc2)cc1. The largest absolute Gasteiger partial charge is 0.489 e. The molecule has 0 saturated heterocycles. The molecule has 0 aliphatic rings. The Morgan fingerprint density at radius 1 is 1.09 bits per heavy atom. The molecule has 2 rings (SSSR count). The van der Waals surface area contributed by atoms with Crippen LogP contribution in [0.15, 0.2) is 54.6 Å². The maximum atomic E-state index is 11.7. The van der Waals surface area contributed by atoms with Gasteiger partial charge in [0.05, 0.1) is 6.61 Å². The number of aldehydes is 1. The maximum absolute atomic E-state index is 11.7. The molecular formula is C18H18O4. The Morgan fingerprint density at radius 2 is 1.77 bits per heavy atom. The van der Waals surface area contributed by atoms with Gasteiger partial charge < -0.3 is 14.3 Å². The van der Waals surface area contributed by atoms with E-state index in [1.54, 1.807) is 31.2 Å². The number of ether oxygens (including phenoxy) is 2. The van der Waals surface area contributed by atoms with Crippen LogP contribution in [-0.2, 0) is 20.9 Å². The molecule has 0 fully saturated rings. The van der Waals surface area contributed by atoms with E-state index in [0.29, 0.717) is 24.2 Å². The van der Waals surface area contributed by atoms with Crippen molar-refractivity contribution in [3.8, 4) is 5.75 Å². The zero-order valence-electron chi connectivity index (χ0n) is 12.4. The first-order chi connectivity index (χ1) is 10.7. The van der Waals surface area contributed by atoms with Crippen molar-refractivity contribution in [2.75, 3.05) is 6.61 Å². The van der Waals surface area contributed by atoms with E-state index in [0.717, 1.165) is 5.56 Å². The lowest BCUT2D eigenvalue weighted by molar-refractivity contribution is -0.146. The van der Waals surface area contributed by atoms with Gasteiger partial charge in [-0.3, -0.25) is 4.79 Å². The molecule has 0 aliphatic heterocycles. The van der Waals surface area contributed by atoms with Gasteiger partial charge in [0.25, 0.3) is 0 Å². The number of carbonyl (C=O) groups excluding carboxylic acids is 2. The van der Waals surface area contributed by atoms with Gasteiger partial charge in [0.2, 0.25) is 0 Å². The van der Waals surface area contributed by atoms with Crippen LogP contribution in [0, 0.1) is 0 Å². The topological polar surface area (TPSA) is 52.6 Å². The van der Waals surface area contributed by atoms with Gasteiger partial charge in [0, 0.05) is 0 Å². The summed E-state index contributed by atoms with van der Waals surface area (Å²) >= 11 is 0. The molecule has 0 aromatic heterocycles. The predicted molar refractivity (Wildman–Crippen MR) is 82.7 cm³/mol. The van der Waals surface area contributed by atoms with Crippen LogP contribution in [0.4, 0.5) is 0 Å². The molecule has 0 N–H and O–H groups in total. The highest BCUT2D eigenvalue weighted by Crippen LogP contribution is 2.20. The fourth-order valence-electron chi connectivity index (χ4n) is 2.01. The van der Waals surface area contributed by atoms with Crippen LogP contribution >= 0.6 is 0 Å². The van der Waals surface area contributed by atoms with E-state index in [1.807, 2.05) is 30.3 Å². The van der Waals surface area contributed by atoms with Crippen LogP contribution < -0.4 is 4.74 Å². The van der Waals surface area contributed by atoms with Gasteiger partial charge in [0.15, 0.2) is 0 Å². The number of hydrogen-bond donors (Lipinski definition) is 0.